The second kappa shape index (κ2) is 7.28. The first-order valence-corrected chi connectivity index (χ1v) is 8.61. The molecular weight excluding hydrogens is 286 g/mol. The van der Waals surface area contributed by atoms with E-state index in [2.05, 4.69) is 47.4 Å². The van der Waals surface area contributed by atoms with Crippen LogP contribution in [0.4, 0.5) is 0 Å². The summed E-state index contributed by atoms with van der Waals surface area (Å²) in [5.74, 6) is 0. The van der Waals surface area contributed by atoms with Gasteiger partial charge in [0.15, 0.2) is 0 Å². The molecule has 4 heteroatoms. The Morgan fingerprint density at radius 2 is 1.83 bits per heavy atom. The number of benzene rings is 1. The predicted molar refractivity (Wildman–Crippen MR) is 92.1 cm³/mol. The summed E-state index contributed by atoms with van der Waals surface area (Å²) in [5.41, 5.74) is 2.71. The molecule has 124 valence electrons. The van der Waals surface area contributed by atoms with Gasteiger partial charge in [-0.3, -0.25) is 9.58 Å². The van der Waals surface area contributed by atoms with E-state index in [-0.39, 0.29) is 5.41 Å². The number of aromatic nitrogens is 2. The van der Waals surface area contributed by atoms with Gasteiger partial charge in [-0.2, -0.15) is 5.10 Å². The highest BCUT2D eigenvalue weighted by atomic mass is 16.3. The van der Waals surface area contributed by atoms with Gasteiger partial charge >= 0.3 is 0 Å². The van der Waals surface area contributed by atoms with Gasteiger partial charge in [0, 0.05) is 24.9 Å². The van der Waals surface area contributed by atoms with Crippen molar-refractivity contribution in [1.82, 2.24) is 14.7 Å². The smallest absolute Gasteiger partial charge is 0.0659 e. The van der Waals surface area contributed by atoms with Gasteiger partial charge in [-0.25, -0.2) is 0 Å². The van der Waals surface area contributed by atoms with E-state index in [1.165, 1.54) is 11.1 Å². The maximum atomic E-state index is 9.63. The van der Waals surface area contributed by atoms with Crippen LogP contribution in [-0.4, -0.2) is 39.5 Å². The molecule has 4 nitrogen and oxygen atoms in total. The number of aliphatic hydroxyl groups excluding tert-OH is 1. The Hall–Kier alpha value is -1.65. The lowest BCUT2D eigenvalue weighted by molar-refractivity contribution is 0.0382. The second-order valence-electron chi connectivity index (χ2n) is 6.82. The molecule has 0 saturated carbocycles. The average molecular weight is 313 g/mol. The zero-order chi connectivity index (χ0) is 16.1. The maximum Gasteiger partial charge on any atom is 0.0659 e. The van der Waals surface area contributed by atoms with E-state index in [9.17, 15) is 5.11 Å². The Morgan fingerprint density at radius 3 is 2.48 bits per heavy atom. The number of hydrogen-bond donors (Lipinski definition) is 1. The van der Waals surface area contributed by atoms with Crippen LogP contribution in [0.3, 0.4) is 0 Å². The molecule has 0 bridgehead atoms. The van der Waals surface area contributed by atoms with Crippen molar-refractivity contribution in [3.8, 4) is 0 Å². The van der Waals surface area contributed by atoms with Gasteiger partial charge in [0.1, 0.15) is 0 Å². The Balaban J connectivity index is 1.54. The fraction of sp³-hybridized carbons (Fsp3) is 0.526. The first-order chi connectivity index (χ1) is 11.2. The van der Waals surface area contributed by atoms with Crippen molar-refractivity contribution in [2.75, 3.05) is 19.7 Å². The highest BCUT2D eigenvalue weighted by Gasteiger charge is 2.32. The minimum atomic E-state index is 0.161. The summed E-state index contributed by atoms with van der Waals surface area (Å²) in [6, 6.07) is 10.4. The summed E-state index contributed by atoms with van der Waals surface area (Å²) in [6.07, 6.45) is 7.40. The standard InChI is InChI=1S/C19H27N3O/c1-2-19(16-23)8-10-21(11-9-19)13-18-12-20-22(15-18)14-17-6-4-3-5-7-17/h3-7,12,15,23H,2,8-11,13-14,16H2,1H3. The van der Waals surface area contributed by atoms with Crippen LogP contribution in [0.2, 0.25) is 0 Å². The van der Waals surface area contributed by atoms with Gasteiger partial charge in [0.25, 0.3) is 0 Å². The summed E-state index contributed by atoms with van der Waals surface area (Å²) in [6.45, 7) is 6.44. The van der Waals surface area contributed by atoms with Crippen molar-refractivity contribution in [2.45, 2.75) is 39.3 Å². The third kappa shape index (κ3) is 4.01. The molecule has 3 rings (SSSR count). The van der Waals surface area contributed by atoms with Crippen LogP contribution in [0, 0.1) is 5.41 Å². The zero-order valence-electron chi connectivity index (χ0n) is 14.0. The molecule has 0 radical (unpaired) electrons. The molecule has 0 spiro atoms. The lowest BCUT2D eigenvalue weighted by atomic mass is 9.77. The number of likely N-dealkylation sites (tertiary alicyclic amines) is 1. The maximum absolute atomic E-state index is 9.63. The second-order valence-corrected chi connectivity index (χ2v) is 6.82. The van der Waals surface area contributed by atoms with E-state index in [4.69, 9.17) is 0 Å². The van der Waals surface area contributed by atoms with Gasteiger partial charge < -0.3 is 5.11 Å². The summed E-state index contributed by atoms with van der Waals surface area (Å²) in [7, 11) is 0. The van der Waals surface area contributed by atoms with Crippen molar-refractivity contribution >= 4 is 0 Å². The van der Waals surface area contributed by atoms with E-state index in [0.717, 1.165) is 45.4 Å². The Labute approximate surface area is 138 Å². The molecule has 0 amide bonds. The number of nitrogens with zero attached hydrogens (tertiary/aromatic N) is 3. The topological polar surface area (TPSA) is 41.3 Å². The highest BCUT2D eigenvalue weighted by Crippen LogP contribution is 2.34. The first kappa shape index (κ1) is 16.2. The summed E-state index contributed by atoms with van der Waals surface area (Å²) < 4.78 is 2.01. The summed E-state index contributed by atoms with van der Waals surface area (Å²) in [4.78, 5) is 2.48. The lowest BCUT2D eigenvalue weighted by Gasteiger charge is -2.40. The molecule has 1 aliphatic heterocycles. The summed E-state index contributed by atoms with van der Waals surface area (Å²) in [5, 5.41) is 14.1. The van der Waals surface area contributed by atoms with Crippen LogP contribution >= 0.6 is 0 Å². The van der Waals surface area contributed by atoms with Crippen molar-refractivity contribution < 1.29 is 5.11 Å². The quantitative estimate of drug-likeness (QED) is 0.891. The number of rotatable bonds is 6. The molecule has 0 aliphatic carbocycles. The highest BCUT2D eigenvalue weighted by molar-refractivity contribution is 5.15. The van der Waals surface area contributed by atoms with Crippen molar-refractivity contribution in [3.63, 3.8) is 0 Å². The van der Waals surface area contributed by atoms with Crippen LogP contribution in [0.25, 0.3) is 0 Å². The third-order valence-electron chi connectivity index (χ3n) is 5.28. The fourth-order valence-corrected chi connectivity index (χ4v) is 3.41. The molecule has 2 heterocycles. The van der Waals surface area contributed by atoms with Crippen LogP contribution in [0.1, 0.15) is 37.3 Å². The van der Waals surface area contributed by atoms with Crippen LogP contribution in [0.5, 0.6) is 0 Å². The van der Waals surface area contributed by atoms with E-state index in [1.807, 2.05) is 16.9 Å². The molecule has 1 aromatic carbocycles. The molecule has 1 N–H and O–H groups in total. The summed E-state index contributed by atoms with van der Waals surface area (Å²) >= 11 is 0. The minimum Gasteiger partial charge on any atom is -0.396 e. The molecule has 0 atom stereocenters. The molecular formula is C19H27N3O. The van der Waals surface area contributed by atoms with Gasteiger partial charge in [-0.05, 0) is 43.3 Å². The average Bonchev–Trinajstić information content (AvgIpc) is 3.04. The molecule has 0 unspecified atom stereocenters. The molecule has 23 heavy (non-hydrogen) atoms. The van der Waals surface area contributed by atoms with Crippen molar-refractivity contribution in [1.29, 1.82) is 0 Å². The fourth-order valence-electron chi connectivity index (χ4n) is 3.41. The van der Waals surface area contributed by atoms with Gasteiger partial charge in [0.2, 0.25) is 0 Å². The Bertz CT molecular complexity index is 594. The normalized spacial score (nSPS) is 18.2. The molecule has 1 saturated heterocycles. The van der Waals surface area contributed by atoms with E-state index in [0.29, 0.717) is 6.61 Å². The number of hydrogen-bond acceptors (Lipinski definition) is 3. The number of aliphatic hydroxyl groups is 1. The SMILES string of the molecule is CCC1(CO)CCN(Cc2cnn(Cc3ccccc3)c2)CC1. The largest absolute Gasteiger partial charge is 0.396 e. The van der Waals surface area contributed by atoms with Gasteiger partial charge in [-0.15, -0.1) is 0 Å². The zero-order valence-corrected chi connectivity index (χ0v) is 14.0. The van der Waals surface area contributed by atoms with Crippen LogP contribution < -0.4 is 0 Å². The van der Waals surface area contributed by atoms with Crippen molar-refractivity contribution in [3.05, 3.63) is 53.9 Å². The third-order valence-corrected chi connectivity index (χ3v) is 5.28. The number of piperidine rings is 1. The van der Waals surface area contributed by atoms with E-state index in [1.54, 1.807) is 0 Å². The Morgan fingerprint density at radius 1 is 1.09 bits per heavy atom. The van der Waals surface area contributed by atoms with E-state index >= 15 is 0 Å². The monoisotopic (exact) mass is 313 g/mol. The molecule has 1 aromatic heterocycles. The van der Waals surface area contributed by atoms with Crippen LogP contribution in [-0.2, 0) is 13.1 Å². The van der Waals surface area contributed by atoms with Gasteiger partial charge in [-0.1, -0.05) is 37.3 Å². The van der Waals surface area contributed by atoms with Crippen molar-refractivity contribution in [2.24, 2.45) is 5.41 Å². The molecule has 1 fully saturated rings. The van der Waals surface area contributed by atoms with Crippen LogP contribution in [0.15, 0.2) is 42.7 Å². The first-order valence-electron chi connectivity index (χ1n) is 8.61. The molecule has 2 aromatic rings. The Kier molecular flexibility index (Phi) is 5.13. The van der Waals surface area contributed by atoms with E-state index < -0.39 is 0 Å². The van der Waals surface area contributed by atoms with Gasteiger partial charge in [0.05, 0.1) is 12.7 Å². The predicted octanol–water partition coefficient (Wildman–Crippen LogP) is 2.92. The minimum absolute atomic E-state index is 0.161. The molecule has 1 aliphatic rings. The lowest BCUT2D eigenvalue weighted by Crippen LogP contribution is -2.41.